The Labute approximate surface area is 257 Å². The summed E-state index contributed by atoms with van der Waals surface area (Å²) in [5, 5.41) is 1.63. The van der Waals surface area contributed by atoms with Crippen molar-refractivity contribution in [2.75, 3.05) is 0 Å². The molecular weight excluding hydrogens is 671 g/mol. The van der Waals surface area contributed by atoms with Crippen LogP contribution in [0.4, 0.5) is 0 Å². The van der Waals surface area contributed by atoms with Crippen molar-refractivity contribution in [3.63, 3.8) is 0 Å². The van der Waals surface area contributed by atoms with Crippen molar-refractivity contribution in [1.82, 2.24) is 4.98 Å². The van der Waals surface area contributed by atoms with E-state index in [0.717, 1.165) is 33.5 Å². The molecule has 0 N–H and O–H groups in total. The molecule has 39 heavy (non-hydrogen) atoms. The van der Waals surface area contributed by atoms with Gasteiger partial charge in [0.2, 0.25) is 0 Å². The zero-order valence-electron chi connectivity index (χ0n) is 24.0. The zero-order chi connectivity index (χ0) is 28.5. The Balaban J connectivity index is 1.69. The van der Waals surface area contributed by atoms with E-state index >= 15 is 0 Å². The summed E-state index contributed by atoms with van der Waals surface area (Å²) in [5.74, 6) is 1.01. The van der Waals surface area contributed by atoms with Crippen molar-refractivity contribution >= 4 is 65.4 Å². The van der Waals surface area contributed by atoms with E-state index in [-0.39, 0.29) is 34.5 Å². The molecule has 4 rings (SSSR count). The van der Waals surface area contributed by atoms with Gasteiger partial charge in [-0.05, 0) is 0 Å². The Bertz CT molecular complexity index is 1440. The fourth-order valence-corrected chi connectivity index (χ4v) is 11.5. The zero-order valence-corrected chi connectivity index (χ0v) is 29.9. The molecule has 0 saturated carbocycles. The third-order valence-electron chi connectivity index (χ3n) is 7.47. The van der Waals surface area contributed by atoms with Gasteiger partial charge < -0.3 is 0 Å². The van der Waals surface area contributed by atoms with Crippen molar-refractivity contribution < 1.29 is 4.43 Å². The van der Waals surface area contributed by atoms with Gasteiger partial charge >= 0.3 is 259 Å². The second kappa shape index (κ2) is 12.3. The average molecular weight is 709 g/mol. The van der Waals surface area contributed by atoms with Gasteiger partial charge in [0.25, 0.3) is 0 Å². The van der Waals surface area contributed by atoms with Crippen molar-refractivity contribution in [3.8, 4) is 15.9 Å². The Morgan fingerprint density at radius 3 is 2.18 bits per heavy atom. The van der Waals surface area contributed by atoms with Crippen LogP contribution in [-0.2, 0) is 6.42 Å². The van der Waals surface area contributed by atoms with Gasteiger partial charge in [-0.15, -0.1) is 0 Å². The molecule has 0 amide bonds. The predicted octanol–water partition coefficient (Wildman–Crippen LogP) is 8.74. The van der Waals surface area contributed by atoms with Crippen molar-refractivity contribution in [2.24, 2.45) is 0 Å². The molecule has 3 aromatic carbocycles. The first kappa shape index (κ1) is 30.7. The molecule has 0 aliphatic heterocycles. The summed E-state index contributed by atoms with van der Waals surface area (Å²) < 4.78 is 10.7. The molecule has 1 atom stereocenters. The quantitative estimate of drug-likeness (QED) is 0.171. The molecule has 1 heterocycles. The summed E-state index contributed by atoms with van der Waals surface area (Å²) >= 11 is 13.7. The van der Waals surface area contributed by atoms with Gasteiger partial charge in [-0.2, -0.15) is 0 Å². The number of aromatic nitrogens is 1. The van der Waals surface area contributed by atoms with Crippen molar-refractivity contribution in [3.05, 3.63) is 97.5 Å². The molecule has 0 fully saturated rings. The van der Waals surface area contributed by atoms with E-state index in [9.17, 15) is 0 Å². The summed E-state index contributed by atoms with van der Waals surface area (Å²) in [4.78, 5) is 5.38. The minimum atomic E-state index is -1.91. The number of halogens is 2. The number of aryl methyl sites for hydroxylation is 3. The van der Waals surface area contributed by atoms with E-state index in [1.807, 2.05) is 18.2 Å². The maximum absolute atomic E-state index is 6.67. The minimum absolute atomic E-state index is 0.153. The van der Waals surface area contributed by atoms with Crippen LogP contribution in [0.2, 0.25) is 28.2 Å². The van der Waals surface area contributed by atoms with Crippen LogP contribution in [0.25, 0.3) is 10.1 Å². The molecule has 0 aliphatic carbocycles. The van der Waals surface area contributed by atoms with Crippen LogP contribution < -0.4 is 8.89 Å². The van der Waals surface area contributed by atoms with Crippen LogP contribution in [0, 0.1) is 20.8 Å². The van der Waals surface area contributed by atoms with Gasteiger partial charge in [0.05, 0.1) is 0 Å². The second-order valence-corrected chi connectivity index (χ2v) is 22.0. The van der Waals surface area contributed by atoms with Crippen LogP contribution in [0.15, 0.2) is 60.7 Å². The Morgan fingerprint density at radius 2 is 1.59 bits per heavy atom. The van der Waals surface area contributed by atoms with E-state index in [4.69, 9.17) is 32.6 Å². The van der Waals surface area contributed by atoms with E-state index in [1.54, 1.807) is 0 Å². The summed E-state index contributed by atoms with van der Waals surface area (Å²) in [6.07, 6.45) is 0.810. The number of hydrogen-bond donors (Lipinski definition) is 0. The number of rotatable bonds is 8. The van der Waals surface area contributed by atoms with Gasteiger partial charge in [-0.25, -0.2) is 0 Å². The first-order valence-corrected chi connectivity index (χ1v) is 20.4. The summed E-state index contributed by atoms with van der Waals surface area (Å²) in [5.41, 5.74) is 5.87. The summed E-state index contributed by atoms with van der Waals surface area (Å²) in [6.45, 7) is 17.9. The first-order chi connectivity index (χ1) is 18.2. The molecule has 1 aromatic heterocycles. The molecule has 1 unspecified atom stereocenters. The van der Waals surface area contributed by atoms with Crippen LogP contribution >= 0.6 is 23.2 Å². The molecule has 0 radical (unpaired) electrons. The molecule has 0 aliphatic rings. The van der Waals surface area contributed by atoms with Crippen molar-refractivity contribution in [2.45, 2.75) is 70.9 Å². The van der Waals surface area contributed by atoms with Gasteiger partial charge in [0.1, 0.15) is 0 Å². The second-order valence-electron chi connectivity index (χ2n) is 11.6. The third-order valence-corrected chi connectivity index (χ3v) is 18.6. The number of hydrogen-bond acceptors (Lipinski definition) is 2. The molecule has 206 valence electrons. The molecule has 0 bridgehead atoms. The molecule has 4 aromatic rings. The number of nitrogens with zero attached hydrogens (tertiary/aromatic N) is 1. The van der Waals surface area contributed by atoms with Gasteiger partial charge in [-0.1, -0.05) is 0 Å². The van der Waals surface area contributed by atoms with Crippen LogP contribution in [0.5, 0.6) is 5.75 Å². The number of benzene rings is 3. The SMILES string of the molecule is Cc1ccc(-c2nc(C)c(C(Cc3c(Cl)cccc3Cl)[Se]c3ccc(O[Si](C)(C)C(C)(C)C)c(C)c3)[se]2)cc1. The predicted molar refractivity (Wildman–Crippen MR) is 173 cm³/mol. The Hall–Kier alpha value is -1.29. The van der Waals surface area contributed by atoms with E-state index in [0.29, 0.717) is 4.82 Å². The standard InChI is InChI=1S/C32H37Cl2NOSe2Si/c1-20-12-14-23(15-13-20)31-35-22(3)30(38-31)29(19-25-26(33)10-9-11-27(25)34)37-24-16-17-28(21(2)18-24)36-39(7,8)32(4,5)6/h9-18,29H,19H2,1-8H3. The average Bonchev–Trinajstić information content (AvgIpc) is 3.23. The Kier molecular flexibility index (Phi) is 9.66. The van der Waals surface area contributed by atoms with Crippen LogP contribution in [-0.4, -0.2) is 42.8 Å². The summed E-state index contributed by atoms with van der Waals surface area (Å²) in [7, 11) is -1.91. The fourth-order valence-electron chi connectivity index (χ4n) is 4.03. The third kappa shape index (κ3) is 7.32. The first-order valence-electron chi connectivity index (χ1n) is 13.2. The molecule has 0 spiro atoms. The normalized spacial score (nSPS) is 13.0. The summed E-state index contributed by atoms with van der Waals surface area (Å²) in [6, 6.07) is 21.3. The Morgan fingerprint density at radius 1 is 0.949 bits per heavy atom. The topological polar surface area (TPSA) is 22.1 Å². The van der Waals surface area contributed by atoms with E-state index < -0.39 is 8.32 Å². The molecule has 7 heteroatoms. The molecular formula is C32H37Cl2NOSe2Si. The van der Waals surface area contributed by atoms with E-state index in [1.165, 1.54) is 30.2 Å². The van der Waals surface area contributed by atoms with Crippen LogP contribution in [0.3, 0.4) is 0 Å². The van der Waals surface area contributed by atoms with Gasteiger partial charge in [-0.3, -0.25) is 0 Å². The monoisotopic (exact) mass is 709 g/mol. The maximum atomic E-state index is 6.67. The molecule has 0 saturated heterocycles. The van der Waals surface area contributed by atoms with Crippen LogP contribution in [0.1, 0.15) is 52.4 Å². The van der Waals surface area contributed by atoms with Crippen molar-refractivity contribution in [1.29, 1.82) is 0 Å². The van der Waals surface area contributed by atoms with Gasteiger partial charge in [0.15, 0.2) is 0 Å². The fraction of sp³-hybridized carbons (Fsp3) is 0.344. The van der Waals surface area contributed by atoms with Gasteiger partial charge in [0, 0.05) is 0 Å². The molecule has 2 nitrogen and oxygen atoms in total. The van der Waals surface area contributed by atoms with E-state index in [2.05, 4.69) is 97.1 Å².